The number of benzene rings is 2. The number of rotatable bonds is 11. The SMILES string of the molecule is CCCCCCCCN1c2ccc(C(C)(C)CC)cc2Oc2cc(C(C)(C)CC)ccc21. The first-order chi connectivity index (χ1) is 15.2. The highest BCUT2D eigenvalue weighted by molar-refractivity contribution is 5.78. The van der Waals surface area contributed by atoms with Crippen molar-refractivity contribution in [2.75, 3.05) is 11.4 Å². The quantitative estimate of drug-likeness (QED) is 0.326. The van der Waals surface area contributed by atoms with Crippen molar-refractivity contribution in [3.8, 4) is 11.5 Å². The highest BCUT2D eigenvalue weighted by Gasteiger charge is 2.29. The highest BCUT2D eigenvalue weighted by atomic mass is 16.5. The molecule has 0 radical (unpaired) electrons. The summed E-state index contributed by atoms with van der Waals surface area (Å²) in [4.78, 5) is 2.50. The van der Waals surface area contributed by atoms with Crippen LogP contribution in [0.25, 0.3) is 0 Å². The molecule has 32 heavy (non-hydrogen) atoms. The van der Waals surface area contributed by atoms with Gasteiger partial charge in [-0.3, -0.25) is 0 Å². The molecule has 0 spiro atoms. The molecule has 2 aromatic rings. The second-order valence-electron chi connectivity index (χ2n) is 10.9. The first kappa shape index (κ1) is 24.7. The summed E-state index contributed by atoms with van der Waals surface area (Å²) in [5.74, 6) is 2.02. The van der Waals surface area contributed by atoms with E-state index < -0.39 is 0 Å². The molecular weight excluding hydrogens is 390 g/mol. The van der Waals surface area contributed by atoms with Crippen LogP contribution >= 0.6 is 0 Å². The minimum atomic E-state index is 0.148. The number of anilines is 2. The molecule has 176 valence electrons. The van der Waals surface area contributed by atoms with Gasteiger partial charge in [0.2, 0.25) is 0 Å². The summed E-state index contributed by atoms with van der Waals surface area (Å²) >= 11 is 0. The molecule has 0 aromatic heterocycles. The fraction of sp³-hybridized carbons (Fsp3) is 0.600. The Hall–Kier alpha value is -1.96. The summed E-state index contributed by atoms with van der Waals surface area (Å²) in [6, 6.07) is 13.7. The maximum absolute atomic E-state index is 6.59. The number of hydrogen-bond acceptors (Lipinski definition) is 2. The van der Waals surface area contributed by atoms with E-state index in [4.69, 9.17) is 4.74 Å². The monoisotopic (exact) mass is 435 g/mol. The van der Waals surface area contributed by atoms with Gasteiger partial charge in [-0.15, -0.1) is 0 Å². The topological polar surface area (TPSA) is 12.5 Å². The molecule has 0 amide bonds. The Bertz CT molecular complexity index is 830. The van der Waals surface area contributed by atoms with Gasteiger partial charge in [0, 0.05) is 6.54 Å². The zero-order chi connectivity index (χ0) is 23.4. The first-order valence-electron chi connectivity index (χ1n) is 13.0. The highest BCUT2D eigenvalue weighted by Crippen LogP contribution is 2.49. The minimum absolute atomic E-state index is 0.148. The number of nitrogens with zero attached hydrogens (tertiary/aromatic N) is 1. The number of fused-ring (bicyclic) bond motifs is 2. The van der Waals surface area contributed by atoms with E-state index in [0.29, 0.717) is 0 Å². The van der Waals surface area contributed by atoms with E-state index in [1.165, 1.54) is 61.0 Å². The van der Waals surface area contributed by atoms with Gasteiger partial charge < -0.3 is 9.64 Å². The molecule has 1 aliphatic heterocycles. The Balaban J connectivity index is 1.93. The van der Waals surface area contributed by atoms with Gasteiger partial charge in [0.25, 0.3) is 0 Å². The van der Waals surface area contributed by atoms with Gasteiger partial charge in [0.15, 0.2) is 11.5 Å². The maximum Gasteiger partial charge on any atom is 0.151 e. The van der Waals surface area contributed by atoms with E-state index in [0.717, 1.165) is 30.9 Å². The van der Waals surface area contributed by atoms with Crippen LogP contribution in [0.4, 0.5) is 11.4 Å². The molecule has 0 N–H and O–H groups in total. The van der Waals surface area contributed by atoms with E-state index in [1.807, 2.05) is 0 Å². The first-order valence-corrected chi connectivity index (χ1v) is 13.0. The van der Waals surface area contributed by atoms with Crippen LogP contribution in [0.1, 0.15) is 111 Å². The Morgan fingerprint density at radius 3 is 1.59 bits per heavy atom. The summed E-state index contributed by atoms with van der Waals surface area (Å²) in [5, 5.41) is 0. The lowest BCUT2D eigenvalue weighted by molar-refractivity contribution is 0.456. The standard InChI is InChI=1S/C30H45NO/c1-8-11-12-13-14-15-20-31-25-18-16-23(29(4,5)9-2)21-27(25)32-28-22-24(17-19-26(28)31)30(6,7)10-3/h16-19,21-22H,8-15,20H2,1-7H3. The molecule has 0 fully saturated rings. The predicted octanol–water partition coefficient (Wildman–Crippen LogP) is 9.67. The van der Waals surface area contributed by atoms with Crippen LogP contribution < -0.4 is 9.64 Å². The predicted molar refractivity (Wildman–Crippen MR) is 140 cm³/mol. The molecule has 1 heterocycles. The molecule has 2 aromatic carbocycles. The van der Waals surface area contributed by atoms with Crippen LogP contribution in [-0.4, -0.2) is 6.54 Å². The van der Waals surface area contributed by atoms with Crippen molar-refractivity contribution in [2.45, 2.75) is 111 Å². The van der Waals surface area contributed by atoms with Crippen molar-refractivity contribution in [1.82, 2.24) is 0 Å². The van der Waals surface area contributed by atoms with Gasteiger partial charge >= 0.3 is 0 Å². The molecule has 0 aliphatic carbocycles. The second-order valence-corrected chi connectivity index (χ2v) is 10.9. The molecule has 0 saturated heterocycles. The zero-order valence-corrected chi connectivity index (χ0v) is 21.7. The Labute approximate surface area is 197 Å². The van der Waals surface area contributed by atoms with Gasteiger partial charge in [-0.05, 0) is 65.5 Å². The fourth-order valence-electron chi connectivity index (χ4n) is 4.43. The van der Waals surface area contributed by atoms with Gasteiger partial charge in [-0.2, -0.15) is 0 Å². The molecule has 2 nitrogen and oxygen atoms in total. The molecule has 1 aliphatic rings. The summed E-state index contributed by atoms with van der Waals surface area (Å²) in [6.45, 7) is 17.1. The summed E-state index contributed by atoms with van der Waals surface area (Å²) in [6.07, 6.45) is 10.1. The lowest BCUT2D eigenvalue weighted by Gasteiger charge is -2.35. The Morgan fingerprint density at radius 1 is 0.656 bits per heavy atom. The lowest BCUT2D eigenvalue weighted by atomic mass is 9.81. The van der Waals surface area contributed by atoms with Crippen molar-refractivity contribution in [3.63, 3.8) is 0 Å². The van der Waals surface area contributed by atoms with Crippen LogP contribution in [0.3, 0.4) is 0 Å². The average Bonchev–Trinajstić information content (AvgIpc) is 2.79. The van der Waals surface area contributed by atoms with Crippen LogP contribution in [0.2, 0.25) is 0 Å². The van der Waals surface area contributed by atoms with Crippen molar-refractivity contribution >= 4 is 11.4 Å². The Kier molecular flexibility index (Phi) is 7.96. The third-order valence-electron chi connectivity index (χ3n) is 7.79. The molecule has 0 atom stereocenters. The Morgan fingerprint density at radius 2 is 1.12 bits per heavy atom. The van der Waals surface area contributed by atoms with Gasteiger partial charge in [0.1, 0.15) is 0 Å². The zero-order valence-electron chi connectivity index (χ0n) is 21.7. The smallest absolute Gasteiger partial charge is 0.151 e. The van der Waals surface area contributed by atoms with Crippen molar-refractivity contribution < 1.29 is 4.74 Å². The van der Waals surface area contributed by atoms with Gasteiger partial charge in [-0.1, -0.05) is 92.7 Å². The third kappa shape index (κ3) is 5.33. The minimum Gasteiger partial charge on any atom is -0.453 e. The molecular formula is C30H45NO. The second kappa shape index (κ2) is 10.3. The number of ether oxygens (including phenoxy) is 1. The van der Waals surface area contributed by atoms with Crippen LogP contribution in [0.5, 0.6) is 11.5 Å². The molecule has 0 bridgehead atoms. The van der Waals surface area contributed by atoms with Crippen LogP contribution in [-0.2, 0) is 10.8 Å². The summed E-state index contributed by atoms with van der Waals surface area (Å²) < 4.78 is 6.59. The lowest BCUT2D eigenvalue weighted by Crippen LogP contribution is -2.24. The number of hydrogen-bond donors (Lipinski definition) is 0. The third-order valence-corrected chi connectivity index (χ3v) is 7.79. The van der Waals surface area contributed by atoms with E-state index >= 15 is 0 Å². The summed E-state index contributed by atoms with van der Waals surface area (Å²) in [7, 11) is 0. The van der Waals surface area contributed by atoms with E-state index in [1.54, 1.807) is 0 Å². The summed E-state index contributed by atoms with van der Waals surface area (Å²) in [5.41, 5.74) is 5.43. The molecule has 3 rings (SSSR count). The number of unbranched alkanes of at least 4 members (excludes halogenated alkanes) is 5. The molecule has 2 heteroatoms. The van der Waals surface area contributed by atoms with Crippen LogP contribution in [0, 0.1) is 0 Å². The molecule has 0 unspecified atom stereocenters. The van der Waals surface area contributed by atoms with Gasteiger partial charge in [-0.25, -0.2) is 0 Å². The van der Waals surface area contributed by atoms with Crippen molar-refractivity contribution in [1.29, 1.82) is 0 Å². The normalized spacial score (nSPS) is 13.5. The van der Waals surface area contributed by atoms with Gasteiger partial charge in [0.05, 0.1) is 11.4 Å². The van der Waals surface area contributed by atoms with E-state index in [9.17, 15) is 0 Å². The van der Waals surface area contributed by atoms with Crippen molar-refractivity contribution in [2.24, 2.45) is 0 Å². The largest absolute Gasteiger partial charge is 0.453 e. The molecule has 0 saturated carbocycles. The van der Waals surface area contributed by atoms with E-state index in [-0.39, 0.29) is 10.8 Å². The maximum atomic E-state index is 6.59. The van der Waals surface area contributed by atoms with E-state index in [2.05, 4.69) is 89.8 Å². The fourth-order valence-corrected chi connectivity index (χ4v) is 4.43. The van der Waals surface area contributed by atoms with Crippen LogP contribution in [0.15, 0.2) is 36.4 Å². The average molecular weight is 436 g/mol. The van der Waals surface area contributed by atoms with Crippen molar-refractivity contribution in [3.05, 3.63) is 47.5 Å².